The minimum Gasteiger partial charge on any atom is -0.355 e. The average molecular weight is 355 g/mol. The fourth-order valence-corrected chi connectivity index (χ4v) is 2.17. The minimum atomic E-state index is -0.378. The van der Waals surface area contributed by atoms with Gasteiger partial charge in [-0.25, -0.2) is 4.98 Å². The monoisotopic (exact) mass is 354 g/mol. The zero-order valence-electron chi connectivity index (χ0n) is 12.3. The Morgan fingerprint density at radius 1 is 1.17 bits per heavy atom. The van der Waals surface area contributed by atoms with Crippen molar-refractivity contribution in [3.8, 4) is 0 Å². The summed E-state index contributed by atoms with van der Waals surface area (Å²) in [6.07, 6.45) is 6.07. The summed E-state index contributed by atoms with van der Waals surface area (Å²) in [7, 11) is 0. The molecule has 0 bridgehead atoms. The number of benzene rings is 1. The molecule has 0 aliphatic carbocycles. The standard InChI is InChI=1S/C15H16Cl2N4O2/c16-12-3-2-11(8-13(12)17)15(23)20-9-14(22)19-4-1-6-21-7-5-18-10-21/h2-3,5,7-8,10H,1,4,6,9H2,(H,19,22)(H,20,23). The highest BCUT2D eigenvalue weighted by atomic mass is 35.5. The molecule has 6 nitrogen and oxygen atoms in total. The summed E-state index contributed by atoms with van der Waals surface area (Å²) in [5, 5.41) is 5.94. The molecule has 2 rings (SSSR count). The van der Waals surface area contributed by atoms with E-state index in [1.54, 1.807) is 18.6 Å². The normalized spacial score (nSPS) is 10.3. The second-order valence-corrected chi connectivity index (χ2v) is 5.63. The van der Waals surface area contributed by atoms with Gasteiger partial charge in [-0.2, -0.15) is 0 Å². The molecule has 1 aromatic heterocycles. The van der Waals surface area contributed by atoms with Crippen LogP contribution in [-0.2, 0) is 11.3 Å². The van der Waals surface area contributed by atoms with Gasteiger partial charge in [-0.1, -0.05) is 23.2 Å². The molecule has 23 heavy (non-hydrogen) atoms. The highest BCUT2D eigenvalue weighted by Gasteiger charge is 2.09. The molecule has 0 aliphatic heterocycles. The number of carbonyl (C=O) groups excluding carboxylic acids is 2. The Morgan fingerprint density at radius 3 is 2.70 bits per heavy atom. The van der Waals surface area contributed by atoms with Gasteiger partial charge in [0.25, 0.3) is 5.91 Å². The molecule has 2 aromatic rings. The van der Waals surface area contributed by atoms with Gasteiger partial charge in [0.2, 0.25) is 5.91 Å². The molecule has 2 N–H and O–H groups in total. The van der Waals surface area contributed by atoms with Crippen molar-refractivity contribution < 1.29 is 9.59 Å². The summed E-state index contributed by atoms with van der Waals surface area (Å²) in [5.74, 6) is -0.624. The van der Waals surface area contributed by atoms with Crippen molar-refractivity contribution in [2.45, 2.75) is 13.0 Å². The second kappa shape index (κ2) is 8.55. The average Bonchev–Trinajstić information content (AvgIpc) is 3.05. The van der Waals surface area contributed by atoms with Crippen molar-refractivity contribution in [3.05, 3.63) is 52.5 Å². The first-order valence-corrected chi connectivity index (χ1v) is 7.77. The molecule has 0 fully saturated rings. The van der Waals surface area contributed by atoms with Crippen LogP contribution in [0.3, 0.4) is 0 Å². The lowest BCUT2D eigenvalue weighted by molar-refractivity contribution is -0.120. The zero-order valence-corrected chi connectivity index (χ0v) is 13.8. The molecule has 1 aromatic carbocycles. The molecule has 0 saturated heterocycles. The molecule has 0 atom stereocenters. The molecule has 0 saturated carbocycles. The van der Waals surface area contributed by atoms with Crippen LogP contribution in [0.5, 0.6) is 0 Å². The number of hydrogen-bond donors (Lipinski definition) is 2. The smallest absolute Gasteiger partial charge is 0.251 e. The molecule has 0 radical (unpaired) electrons. The number of halogens is 2. The maximum absolute atomic E-state index is 11.9. The quantitative estimate of drug-likeness (QED) is 0.747. The molecule has 0 spiro atoms. The maximum Gasteiger partial charge on any atom is 0.251 e. The van der Waals surface area contributed by atoms with Gasteiger partial charge in [-0.3, -0.25) is 9.59 Å². The van der Waals surface area contributed by atoms with Crippen LogP contribution in [0.4, 0.5) is 0 Å². The number of nitrogens with zero attached hydrogens (tertiary/aromatic N) is 2. The van der Waals surface area contributed by atoms with Crippen LogP contribution in [0.1, 0.15) is 16.8 Å². The summed E-state index contributed by atoms with van der Waals surface area (Å²) in [6.45, 7) is 1.21. The minimum absolute atomic E-state index is 0.0931. The van der Waals surface area contributed by atoms with E-state index in [1.807, 2.05) is 10.8 Å². The fourth-order valence-electron chi connectivity index (χ4n) is 1.87. The van der Waals surface area contributed by atoms with E-state index < -0.39 is 0 Å². The van der Waals surface area contributed by atoms with Crippen LogP contribution >= 0.6 is 23.2 Å². The predicted molar refractivity (Wildman–Crippen MR) is 88.6 cm³/mol. The third kappa shape index (κ3) is 5.58. The Hall–Kier alpha value is -2.05. The van der Waals surface area contributed by atoms with Crippen molar-refractivity contribution in [2.75, 3.05) is 13.1 Å². The van der Waals surface area contributed by atoms with Gasteiger partial charge in [0.05, 0.1) is 22.9 Å². The van der Waals surface area contributed by atoms with Crippen LogP contribution in [0.15, 0.2) is 36.9 Å². The number of amides is 2. The lowest BCUT2D eigenvalue weighted by atomic mass is 10.2. The van der Waals surface area contributed by atoms with Gasteiger partial charge in [0.15, 0.2) is 0 Å². The Balaban J connectivity index is 1.67. The largest absolute Gasteiger partial charge is 0.355 e. The number of hydrogen-bond acceptors (Lipinski definition) is 3. The number of aryl methyl sites for hydroxylation is 1. The highest BCUT2D eigenvalue weighted by molar-refractivity contribution is 6.42. The van der Waals surface area contributed by atoms with Gasteiger partial charge in [0, 0.05) is 31.0 Å². The fraction of sp³-hybridized carbons (Fsp3) is 0.267. The molecule has 0 aliphatic rings. The molecular formula is C15H16Cl2N4O2. The van der Waals surface area contributed by atoms with E-state index in [0.29, 0.717) is 22.2 Å². The van der Waals surface area contributed by atoms with Crippen LogP contribution < -0.4 is 10.6 Å². The summed E-state index contributed by atoms with van der Waals surface area (Å²) in [4.78, 5) is 27.5. The van der Waals surface area contributed by atoms with Crippen LogP contribution in [0.2, 0.25) is 10.0 Å². The van der Waals surface area contributed by atoms with Crippen molar-refractivity contribution in [2.24, 2.45) is 0 Å². The number of carbonyl (C=O) groups is 2. The van der Waals surface area contributed by atoms with Gasteiger partial charge in [0.1, 0.15) is 0 Å². The number of imidazole rings is 1. The van der Waals surface area contributed by atoms with Gasteiger partial charge >= 0.3 is 0 Å². The van der Waals surface area contributed by atoms with E-state index in [-0.39, 0.29) is 18.4 Å². The van der Waals surface area contributed by atoms with Crippen LogP contribution in [-0.4, -0.2) is 34.5 Å². The van der Waals surface area contributed by atoms with Crippen molar-refractivity contribution in [1.29, 1.82) is 0 Å². The number of rotatable bonds is 7. The first-order valence-electron chi connectivity index (χ1n) is 7.02. The van der Waals surface area contributed by atoms with E-state index >= 15 is 0 Å². The summed E-state index contributed by atoms with van der Waals surface area (Å²) in [5.41, 5.74) is 0.354. The molecule has 8 heteroatoms. The van der Waals surface area contributed by atoms with Gasteiger partial charge in [-0.15, -0.1) is 0 Å². The lowest BCUT2D eigenvalue weighted by Gasteiger charge is -2.08. The summed E-state index contributed by atoms with van der Waals surface area (Å²) in [6, 6.07) is 4.55. The highest BCUT2D eigenvalue weighted by Crippen LogP contribution is 2.22. The van der Waals surface area contributed by atoms with Crippen molar-refractivity contribution in [3.63, 3.8) is 0 Å². The van der Waals surface area contributed by atoms with E-state index in [1.165, 1.54) is 12.1 Å². The van der Waals surface area contributed by atoms with Crippen molar-refractivity contribution >= 4 is 35.0 Å². The van der Waals surface area contributed by atoms with Crippen LogP contribution in [0, 0.1) is 0 Å². The van der Waals surface area contributed by atoms with Gasteiger partial charge in [-0.05, 0) is 24.6 Å². The maximum atomic E-state index is 11.9. The van der Waals surface area contributed by atoms with E-state index in [9.17, 15) is 9.59 Å². The summed E-state index contributed by atoms with van der Waals surface area (Å²) >= 11 is 11.6. The van der Waals surface area contributed by atoms with E-state index in [2.05, 4.69) is 15.6 Å². The Morgan fingerprint density at radius 2 is 2.00 bits per heavy atom. The lowest BCUT2D eigenvalue weighted by Crippen LogP contribution is -2.37. The zero-order chi connectivity index (χ0) is 16.7. The Bertz CT molecular complexity index is 674. The molecule has 1 heterocycles. The SMILES string of the molecule is O=C(CNC(=O)c1ccc(Cl)c(Cl)c1)NCCCn1ccnc1. The van der Waals surface area contributed by atoms with Gasteiger partial charge < -0.3 is 15.2 Å². The molecular weight excluding hydrogens is 339 g/mol. The third-order valence-corrected chi connectivity index (χ3v) is 3.80. The molecule has 0 unspecified atom stereocenters. The van der Waals surface area contributed by atoms with E-state index in [0.717, 1.165) is 13.0 Å². The second-order valence-electron chi connectivity index (χ2n) is 4.82. The number of nitrogens with one attached hydrogen (secondary N) is 2. The first kappa shape index (κ1) is 17.3. The Kier molecular flexibility index (Phi) is 6.43. The first-order chi connectivity index (χ1) is 11.1. The topological polar surface area (TPSA) is 76.0 Å². The van der Waals surface area contributed by atoms with Crippen LogP contribution in [0.25, 0.3) is 0 Å². The van der Waals surface area contributed by atoms with Crippen molar-refractivity contribution in [1.82, 2.24) is 20.2 Å². The van der Waals surface area contributed by atoms with E-state index in [4.69, 9.17) is 23.2 Å². The molecule has 2 amide bonds. The Labute approximate surface area is 143 Å². The third-order valence-electron chi connectivity index (χ3n) is 3.07. The summed E-state index contributed by atoms with van der Waals surface area (Å²) < 4.78 is 1.93. The molecule has 122 valence electrons. The number of aromatic nitrogens is 2. The predicted octanol–water partition coefficient (Wildman–Crippen LogP) is 2.13.